The molecule has 126 valence electrons. The van der Waals surface area contributed by atoms with Crippen molar-refractivity contribution in [2.45, 2.75) is 32.6 Å². The molecule has 1 aliphatic rings. The minimum absolute atomic E-state index is 0.434. The van der Waals surface area contributed by atoms with Crippen LogP contribution in [-0.4, -0.2) is 71.0 Å². The van der Waals surface area contributed by atoms with E-state index in [1.807, 2.05) is 14.1 Å². The first kappa shape index (κ1) is 18.8. The zero-order valence-electron chi connectivity index (χ0n) is 13.8. The van der Waals surface area contributed by atoms with E-state index in [-0.39, 0.29) is 0 Å². The van der Waals surface area contributed by atoms with E-state index in [1.54, 1.807) is 4.31 Å². The highest BCUT2D eigenvalue weighted by Gasteiger charge is 2.28. The second-order valence-corrected chi connectivity index (χ2v) is 7.84. The van der Waals surface area contributed by atoms with Crippen LogP contribution in [0.3, 0.4) is 0 Å². The van der Waals surface area contributed by atoms with Crippen LogP contribution in [0, 0.1) is 5.92 Å². The van der Waals surface area contributed by atoms with E-state index < -0.39 is 10.2 Å². The Morgan fingerprint density at radius 3 is 2.71 bits per heavy atom. The van der Waals surface area contributed by atoms with Gasteiger partial charge in [0.25, 0.3) is 10.2 Å². The molecule has 1 heterocycles. The molecular formula is C14H32N4O2S. The molecular weight excluding hydrogens is 288 g/mol. The molecule has 0 aromatic heterocycles. The zero-order chi connectivity index (χ0) is 15.7. The standard InChI is InChI=1S/C14H32N4O2S/c1-4-15-12-14-8-7-11-18(13-14)21(19,20)16-9-5-6-10-17(2)3/h14-16H,4-13H2,1-3H3. The fourth-order valence-corrected chi connectivity index (χ4v) is 3.97. The quantitative estimate of drug-likeness (QED) is 0.575. The van der Waals surface area contributed by atoms with Crippen LogP contribution in [0.15, 0.2) is 0 Å². The van der Waals surface area contributed by atoms with E-state index >= 15 is 0 Å². The Labute approximate surface area is 130 Å². The van der Waals surface area contributed by atoms with Crippen molar-refractivity contribution in [3.8, 4) is 0 Å². The molecule has 1 fully saturated rings. The highest BCUT2D eigenvalue weighted by atomic mass is 32.2. The third kappa shape index (κ3) is 7.56. The molecule has 1 aliphatic heterocycles. The maximum Gasteiger partial charge on any atom is 0.279 e. The molecule has 6 nitrogen and oxygen atoms in total. The molecule has 1 atom stereocenters. The Hall–Kier alpha value is -0.210. The lowest BCUT2D eigenvalue weighted by Crippen LogP contribution is -2.47. The monoisotopic (exact) mass is 320 g/mol. The molecule has 0 radical (unpaired) electrons. The van der Waals surface area contributed by atoms with Crippen LogP contribution in [0.25, 0.3) is 0 Å². The van der Waals surface area contributed by atoms with Crippen LogP contribution in [-0.2, 0) is 10.2 Å². The summed E-state index contributed by atoms with van der Waals surface area (Å²) in [6.07, 6.45) is 3.96. The van der Waals surface area contributed by atoms with Gasteiger partial charge in [-0.15, -0.1) is 0 Å². The van der Waals surface area contributed by atoms with Crippen molar-refractivity contribution >= 4 is 10.2 Å². The second kappa shape index (κ2) is 9.74. The van der Waals surface area contributed by atoms with Gasteiger partial charge in [-0.1, -0.05) is 6.92 Å². The van der Waals surface area contributed by atoms with Gasteiger partial charge in [0.2, 0.25) is 0 Å². The van der Waals surface area contributed by atoms with Crippen molar-refractivity contribution in [3.05, 3.63) is 0 Å². The highest BCUT2D eigenvalue weighted by Crippen LogP contribution is 2.17. The molecule has 0 saturated carbocycles. The van der Waals surface area contributed by atoms with Crippen molar-refractivity contribution in [2.24, 2.45) is 5.92 Å². The zero-order valence-corrected chi connectivity index (χ0v) is 14.6. The van der Waals surface area contributed by atoms with Crippen molar-refractivity contribution in [2.75, 3.05) is 53.4 Å². The van der Waals surface area contributed by atoms with Crippen molar-refractivity contribution in [1.82, 2.24) is 19.2 Å². The van der Waals surface area contributed by atoms with Gasteiger partial charge in [-0.3, -0.25) is 0 Å². The van der Waals surface area contributed by atoms with E-state index in [0.717, 1.165) is 45.3 Å². The summed E-state index contributed by atoms with van der Waals surface area (Å²) < 4.78 is 28.9. The molecule has 1 saturated heterocycles. The van der Waals surface area contributed by atoms with Gasteiger partial charge >= 0.3 is 0 Å². The van der Waals surface area contributed by atoms with Gasteiger partial charge in [-0.05, 0) is 65.3 Å². The van der Waals surface area contributed by atoms with Gasteiger partial charge in [-0.2, -0.15) is 12.7 Å². The molecule has 0 aliphatic carbocycles. The number of nitrogens with zero attached hydrogens (tertiary/aromatic N) is 2. The Morgan fingerprint density at radius 1 is 1.29 bits per heavy atom. The topological polar surface area (TPSA) is 64.7 Å². The summed E-state index contributed by atoms with van der Waals surface area (Å²) in [5.74, 6) is 0.434. The van der Waals surface area contributed by atoms with E-state index in [1.165, 1.54) is 0 Å². The SMILES string of the molecule is CCNCC1CCCN(S(=O)(=O)NCCCCN(C)C)C1. The summed E-state index contributed by atoms with van der Waals surface area (Å²) in [4.78, 5) is 2.12. The maximum absolute atomic E-state index is 12.3. The average Bonchev–Trinajstić information content (AvgIpc) is 2.44. The summed E-state index contributed by atoms with van der Waals surface area (Å²) in [5, 5.41) is 3.31. The smallest absolute Gasteiger partial charge is 0.279 e. The number of unbranched alkanes of at least 4 members (excludes halogenated alkanes) is 1. The Bertz CT molecular complexity index is 373. The summed E-state index contributed by atoms with van der Waals surface area (Å²) in [7, 11) is 0.760. The summed E-state index contributed by atoms with van der Waals surface area (Å²) >= 11 is 0. The largest absolute Gasteiger partial charge is 0.317 e. The molecule has 7 heteroatoms. The number of piperidine rings is 1. The molecule has 0 aromatic rings. The normalized spacial score (nSPS) is 21.0. The van der Waals surface area contributed by atoms with Gasteiger partial charge in [0.05, 0.1) is 0 Å². The fourth-order valence-electron chi connectivity index (χ4n) is 2.61. The predicted molar refractivity (Wildman–Crippen MR) is 87.6 cm³/mol. The molecule has 0 aromatic carbocycles. The first-order valence-electron chi connectivity index (χ1n) is 8.06. The molecule has 0 bridgehead atoms. The van der Waals surface area contributed by atoms with Gasteiger partial charge in [0.1, 0.15) is 0 Å². The lowest BCUT2D eigenvalue weighted by atomic mass is 10.00. The number of nitrogens with one attached hydrogen (secondary N) is 2. The lowest BCUT2D eigenvalue weighted by Gasteiger charge is -2.32. The minimum Gasteiger partial charge on any atom is -0.317 e. The Balaban J connectivity index is 2.32. The molecule has 1 rings (SSSR count). The van der Waals surface area contributed by atoms with Crippen LogP contribution >= 0.6 is 0 Å². The molecule has 0 spiro atoms. The maximum atomic E-state index is 12.3. The highest BCUT2D eigenvalue weighted by molar-refractivity contribution is 7.87. The van der Waals surface area contributed by atoms with Gasteiger partial charge < -0.3 is 10.2 Å². The Morgan fingerprint density at radius 2 is 2.05 bits per heavy atom. The minimum atomic E-state index is -3.30. The third-order valence-electron chi connectivity index (χ3n) is 3.82. The molecule has 21 heavy (non-hydrogen) atoms. The van der Waals surface area contributed by atoms with Crippen LogP contribution in [0.1, 0.15) is 32.6 Å². The van der Waals surface area contributed by atoms with Crippen LogP contribution in [0.2, 0.25) is 0 Å². The van der Waals surface area contributed by atoms with Crippen molar-refractivity contribution < 1.29 is 8.42 Å². The van der Waals surface area contributed by atoms with E-state index in [9.17, 15) is 8.42 Å². The summed E-state index contributed by atoms with van der Waals surface area (Å²) in [6.45, 7) is 6.74. The Kier molecular flexibility index (Phi) is 8.73. The van der Waals surface area contributed by atoms with Gasteiger partial charge in [0.15, 0.2) is 0 Å². The van der Waals surface area contributed by atoms with E-state index in [4.69, 9.17) is 0 Å². The van der Waals surface area contributed by atoms with E-state index in [2.05, 4.69) is 21.9 Å². The lowest BCUT2D eigenvalue weighted by molar-refractivity contribution is 0.258. The molecule has 2 N–H and O–H groups in total. The van der Waals surface area contributed by atoms with Gasteiger partial charge in [0, 0.05) is 19.6 Å². The summed E-state index contributed by atoms with van der Waals surface area (Å²) in [6, 6.07) is 0. The van der Waals surface area contributed by atoms with Gasteiger partial charge in [-0.25, -0.2) is 4.72 Å². The van der Waals surface area contributed by atoms with E-state index in [0.29, 0.717) is 25.6 Å². The third-order valence-corrected chi connectivity index (χ3v) is 5.40. The summed E-state index contributed by atoms with van der Waals surface area (Å²) in [5.41, 5.74) is 0. The van der Waals surface area contributed by atoms with Crippen LogP contribution < -0.4 is 10.0 Å². The number of hydrogen-bond donors (Lipinski definition) is 2. The number of rotatable bonds is 10. The fraction of sp³-hybridized carbons (Fsp3) is 1.00. The average molecular weight is 321 g/mol. The number of hydrogen-bond acceptors (Lipinski definition) is 4. The predicted octanol–water partition coefficient (Wildman–Crippen LogP) is 0.484. The first-order valence-corrected chi connectivity index (χ1v) is 9.50. The van der Waals surface area contributed by atoms with Crippen molar-refractivity contribution in [3.63, 3.8) is 0 Å². The molecule has 1 unspecified atom stereocenters. The first-order chi connectivity index (χ1) is 9.95. The molecule has 0 amide bonds. The van der Waals surface area contributed by atoms with Crippen molar-refractivity contribution in [1.29, 1.82) is 0 Å². The van der Waals surface area contributed by atoms with Crippen LogP contribution in [0.4, 0.5) is 0 Å². The second-order valence-electron chi connectivity index (χ2n) is 6.08. The van der Waals surface area contributed by atoms with Crippen LogP contribution in [0.5, 0.6) is 0 Å².